The number of hydrazone groups is 1. The van der Waals surface area contributed by atoms with Crippen molar-refractivity contribution in [3.8, 4) is 0 Å². The van der Waals surface area contributed by atoms with Crippen molar-refractivity contribution in [1.29, 1.82) is 0 Å². The summed E-state index contributed by atoms with van der Waals surface area (Å²) in [6, 6.07) is 12.6. The van der Waals surface area contributed by atoms with Crippen LogP contribution in [0.3, 0.4) is 0 Å². The van der Waals surface area contributed by atoms with E-state index in [1.165, 1.54) is 24.3 Å². The van der Waals surface area contributed by atoms with E-state index >= 15 is 0 Å². The third-order valence-corrected chi connectivity index (χ3v) is 3.28. The van der Waals surface area contributed by atoms with E-state index in [0.29, 0.717) is 17.0 Å². The van der Waals surface area contributed by atoms with Gasteiger partial charge in [-0.1, -0.05) is 18.2 Å². The predicted molar refractivity (Wildman–Crippen MR) is 91.4 cm³/mol. The summed E-state index contributed by atoms with van der Waals surface area (Å²) < 4.78 is 12.8. The molecular formula is C18H18FN3O2. The summed E-state index contributed by atoms with van der Waals surface area (Å²) in [6.45, 7) is 3.48. The fraction of sp³-hybridized carbons (Fsp3) is 0.167. The van der Waals surface area contributed by atoms with Gasteiger partial charge < -0.3 is 5.32 Å². The maximum absolute atomic E-state index is 12.8. The predicted octanol–water partition coefficient (Wildman–Crippen LogP) is 3.27. The first kappa shape index (κ1) is 17.3. The Labute approximate surface area is 139 Å². The lowest BCUT2D eigenvalue weighted by Gasteiger charge is -2.06. The van der Waals surface area contributed by atoms with Gasteiger partial charge in [0.15, 0.2) is 0 Å². The van der Waals surface area contributed by atoms with Crippen molar-refractivity contribution in [2.45, 2.75) is 20.3 Å². The van der Waals surface area contributed by atoms with Crippen molar-refractivity contribution >= 4 is 23.2 Å². The summed E-state index contributed by atoms with van der Waals surface area (Å²) >= 11 is 0. The van der Waals surface area contributed by atoms with Gasteiger partial charge in [-0.05, 0) is 49.7 Å². The quantitative estimate of drug-likeness (QED) is 0.653. The number of hydrogen-bond donors (Lipinski definition) is 2. The topological polar surface area (TPSA) is 70.6 Å². The summed E-state index contributed by atoms with van der Waals surface area (Å²) in [4.78, 5) is 23.9. The number of rotatable bonds is 5. The van der Waals surface area contributed by atoms with E-state index in [2.05, 4.69) is 15.8 Å². The highest BCUT2D eigenvalue weighted by molar-refractivity contribution is 6.06. The normalized spacial score (nSPS) is 11.0. The largest absolute Gasteiger partial charge is 0.326 e. The van der Waals surface area contributed by atoms with Gasteiger partial charge in [-0.15, -0.1) is 0 Å². The van der Waals surface area contributed by atoms with Crippen LogP contribution in [0.15, 0.2) is 53.6 Å². The van der Waals surface area contributed by atoms with Gasteiger partial charge in [0.1, 0.15) is 5.82 Å². The second-order valence-corrected chi connectivity index (χ2v) is 5.33. The van der Waals surface area contributed by atoms with Crippen molar-refractivity contribution in [2.24, 2.45) is 5.10 Å². The van der Waals surface area contributed by atoms with Gasteiger partial charge in [-0.3, -0.25) is 9.59 Å². The number of hydrogen-bond acceptors (Lipinski definition) is 3. The Morgan fingerprint density at radius 3 is 2.42 bits per heavy atom. The van der Waals surface area contributed by atoms with Crippen LogP contribution in [0, 0.1) is 12.7 Å². The molecule has 0 bridgehead atoms. The van der Waals surface area contributed by atoms with Crippen LogP contribution >= 0.6 is 0 Å². The van der Waals surface area contributed by atoms with Gasteiger partial charge in [0.2, 0.25) is 5.91 Å². The third kappa shape index (κ3) is 5.01. The van der Waals surface area contributed by atoms with E-state index in [4.69, 9.17) is 0 Å². The molecule has 2 aromatic rings. The molecule has 0 fully saturated rings. The van der Waals surface area contributed by atoms with Gasteiger partial charge >= 0.3 is 0 Å². The van der Waals surface area contributed by atoms with Crippen LogP contribution in [-0.2, 0) is 4.79 Å². The minimum absolute atomic E-state index is 0.0193. The number of amides is 2. The number of halogens is 1. The Bertz CT molecular complexity index is 770. The third-order valence-electron chi connectivity index (χ3n) is 3.28. The van der Waals surface area contributed by atoms with E-state index in [0.717, 1.165) is 5.56 Å². The van der Waals surface area contributed by atoms with Crippen LogP contribution in [0.1, 0.15) is 29.3 Å². The Kier molecular flexibility index (Phi) is 5.78. The van der Waals surface area contributed by atoms with Gasteiger partial charge in [0.05, 0.1) is 6.42 Å². The maximum Gasteiger partial charge on any atom is 0.271 e. The van der Waals surface area contributed by atoms with E-state index < -0.39 is 0 Å². The number of carbonyl (C=O) groups excluding carboxylic acids is 2. The number of nitrogens with one attached hydrogen (secondary N) is 2. The Hall–Kier alpha value is -3.02. The lowest BCUT2D eigenvalue weighted by molar-refractivity contribution is -0.115. The van der Waals surface area contributed by atoms with Crippen molar-refractivity contribution in [3.63, 3.8) is 0 Å². The van der Waals surface area contributed by atoms with Gasteiger partial charge in [-0.2, -0.15) is 5.10 Å². The average molecular weight is 327 g/mol. The number of nitrogens with zero attached hydrogens (tertiary/aromatic N) is 1. The SMILES string of the molecule is CC(CC(=O)Nc1ccc(F)cc1)=NNC(=O)c1ccccc1C. The zero-order valence-corrected chi connectivity index (χ0v) is 13.5. The van der Waals surface area contributed by atoms with Gasteiger partial charge in [-0.25, -0.2) is 9.82 Å². The van der Waals surface area contributed by atoms with Crippen molar-refractivity contribution in [3.05, 3.63) is 65.5 Å². The van der Waals surface area contributed by atoms with Gasteiger partial charge in [0.25, 0.3) is 5.91 Å². The monoisotopic (exact) mass is 327 g/mol. The molecular weight excluding hydrogens is 309 g/mol. The second kappa shape index (κ2) is 8.01. The molecule has 0 aliphatic carbocycles. The standard InChI is InChI=1S/C18H18FN3O2/c1-12-5-3-4-6-16(12)18(24)22-21-13(2)11-17(23)20-15-9-7-14(19)8-10-15/h3-10H,11H2,1-2H3,(H,20,23)(H,22,24). The van der Waals surface area contributed by atoms with Crippen LogP contribution in [0.25, 0.3) is 0 Å². The molecule has 0 radical (unpaired) electrons. The Morgan fingerprint density at radius 1 is 1.08 bits per heavy atom. The Balaban J connectivity index is 1.89. The molecule has 0 unspecified atom stereocenters. The van der Waals surface area contributed by atoms with Crippen LogP contribution < -0.4 is 10.7 Å². The van der Waals surface area contributed by atoms with Crippen molar-refractivity contribution in [2.75, 3.05) is 5.32 Å². The number of benzene rings is 2. The average Bonchev–Trinajstić information content (AvgIpc) is 2.55. The van der Waals surface area contributed by atoms with Crippen LogP contribution in [-0.4, -0.2) is 17.5 Å². The highest BCUT2D eigenvalue weighted by Crippen LogP contribution is 2.09. The zero-order valence-electron chi connectivity index (χ0n) is 13.5. The van der Waals surface area contributed by atoms with E-state index in [9.17, 15) is 14.0 Å². The minimum Gasteiger partial charge on any atom is -0.326 e. The number of carbonyl (C=O) groups is 2. The van der Waals surface area contributed by atoms with Crippen LogP contribution in [0.4, 0.5) is 10.1 Å². The molecule has 24 heavy (non-hydrogen) atoms. The fourth-order valence-corrected chi connectivity index (χ4v) is 2.04. The second-order valence-electron chi connectivity index (χ2n) is 5.33. The number of anilines is 1. The smallest absolute Gasteiger partial charge is 0.271 e. The maximum atomic E-state index is 12.8. The first-order chi connectivity index (χ1) is 11.5. The summed E-state index contributed by atoms with van der Waals surface area (Å²) in [5, 5.41) is 6.56. The molecule has 6 heteroatoms. The first-order valence-corrected chi connectivity index (χ1v) is 7.40. The van der Waals surface area contributed by atoms with Crippen LogP contribution in [0.2, 0.25) is 0 Å². The van der Waals surface area contributed by atoms with E-state index in [1.807, 2.05) is 19.1 Å². The van der Waals surface area contributed by atoms with Crippen molar-refractivity contribution < 1.29 is 14.0 Å². The summed E-state index contributed by atoms with van der Waals surface area (Å²) in [5.74, 6) is -0.996. The van der Waals surface area contributed by atoms with E-state index in [1.54, 1.807) is 19.1 Å². The molecule has 2 rings (SSSR count). The minimum atomic E-state index is -0.371. The lowest BCUT2D eigenvalue weighted by atomic mass is 10.1. The van der Waals surface area contributed by atoms with Gasteiger partial charge in [0, 0.05) is 17.0 Å². The van der Waals surface area contributed by atoms with Crippen molar-refractivity contribution in [1.82, 2.24) is 5.43 Å². The molecule has 0 saturated carbocycles. The van der Waals surface area contributed by atoms with Crippen LogP contribution in [0.5, 0.6) is 0 Å². The molecule has 0 spiro atoms. The molecule has 2 amide bonds. The molecule has 0 aliphatic rings. The fourth-order valence-electron chi connectivity index (χ4n) is 2.04. The molecule has 0 atom stereocenters. The summed E-state index contributed by atoms with van der Waals surface area (Å²) in [5.41, 5.74) is 4.77. The molecule has 124 valence electrons. The lowest BCUT2D eigenvalue weighted by Crippen LogP contribution is -2.22. The molecule has 2 N–H and O–H groups in total. The number of aryl methyl sites for hydroxylation is 1. The molecule has 5 nitrogen and oxygen atoms in total. The zero-order chi connectivity index (χ0) is 17.5. The summed E-state index contributed by atoms with van der Waals surface area (Å²) in [6.07, 6.45) is 0.0193. The summed E-state index contributed by atoms with van der Waals surface area (Å²) in [7, 11) is 0. The molecule has 0 aromatic heterocycles. The highest BCUT2D eigenvalue weighted by atomic mass is 19.1. The Morgan fingerprint density at radius 2 is 1.75 bits per heavy atom. The molecule has 0 aliphatic heterocycles. The highest BCUT2D eigenvalue weighted by Gasteiger charge is 2.08. The van der Waals surface area contributed by atoms with E-state index in [-0.39, 0.29) is 24.1 Å². The molecule has 0 saturated heterocycles. The molecule has 0 heterocycles. The first-order valence-electron chi connectivity index (χ1n) is 7.40. The molecule has 2 aromatic carbocycles.